The molecular weight excluding hydrogens is 138 g/mol. The highest BCUT2D eigenvalue weighted by Gasteiger charge is 1.73. The zero-order valence-electron chi connectivity index (χ0n) is 6.14. The van der Waals surface area contributed by atoms with E-state index in [0.717, 1.165) is 0 Å². The number of aromatic nitrogens is 2. The number of nitrogens with zero attached hydrogens (tertiary/aromatic N) is 3. The molecule has 0 bridgehead atoms. The molecule has 0 saturated carbocycles. The minimum Gasteiger partial charge on any atom is -0.314 e. The van der Waals surface area contributed by atoms with Crippen LogP contribution >= 0.6 is 0 Å². The molecule has 0 aliphatic rings. The molecule has 0 saturated heterocycles. The summed E-state index contributed by atoms with van der Waals surface area (Å²) < 4.78 is 1.78. The number of rotatable bonds is 1. The molecule has 0 N–H and O–H groups in total. The van der Waals surface area contributed by atoms with Gasteiger partial charge < -0.3 is 4.57 Å². The second-order valence-corrected chi connectivity index (χ2v) is 1.53. The Morgan fingerprint density at radius 1 is 1.55 bits per heavy atom. The molecule has 0 fully saturated rings. The van der Waals surface area contributed by atoms with Crippen molar-refractivity contribution < 1.29 is 0 Å². The fourth-order valence-corrected chi connectivity index (χ4v) is 0.377. The smallest absolute Gasteiger partial charge is 0.0986 e. The first-order chi connectivity index (χ1) is 5.35. The van der Waals surface area contributed by atoms with E-state index in [2.05, 4.69) is 18.1 Å². The molecule has 0 spiro atoms. The van der Waals surface area contributed by atoms with Crippen LogP contribution in [0.3, 0.4) is 0 Å². The monoisotopic (exact) mass is 147 g/mol. The third kappa shape index (κ3) is 4.67. The summed E-state index contributed by atoms with van der Waals surface area (Å²) in [5.41, 5.74) is 0. The summed E-state index contributed by atoms with van der Waals surface area (Å²) in [6, 6.07) is 1.69. The van der Waals surface area contributed by atoms with Crippen LogP contribution in [0.1, 0.15) is 0 Å². The molecule has 11 heavy (non-hydrogen) atoms. The SMILES string of the molecule is C=CC#N.C=Cn1ccnc1. The van der Waals surface area contributed by atoms with Gasteiger partial charge in [-0.2, -0.15) is 5.26 Å². The first-order valence-corrected chi connectivity index (χ1v) is 2.95. The molecule has 0 amide bonds. The Bertz CT molecular complexity index is 241. The predicted octanol–water partition coefficient (Wildman–Crippen LogP) is 1.68. The maximum Gasteiger partial charge on any atom is 0.0986 e. The normalized spacial score (nSPS) is 6.82. The third-order valence-electron chi connectivity index (χ3n) is 0.827. The average molecular weight is 147 g/mol. The molecular formula is C8H9N3. The van der Waals surface area contributed by atoms with Crippen molar-refractivity contribution in [3.63, 3.8) is 0 Å². The lowest BCUT2D eigenvalue weighted by atomic mass is 10.8. The Balaban J connectivity index is 0.000000218. The first-order valence-electron chi connectivity index (χ1n) is 2.95. The van der Waals surface area contributed by atoms with Crippen LogP contribution in [0.2, 0.25) is 0 Å². The van der Waals surface area contributed by atoms with Gasteiger partial charge in [-0.25, -0.2) is 4.98 Å². The molecule has 0 aliphatic heterocycles. The minimum absolute atomic E-state index is 1.18. The van der Waals surface area contributed by atoms with Crippen LogP contribution in [-0.2, 0) is 0 Å². The van der Waals surface area contributed by atoms with E-state index < -0.39 is 0 Å². The summed E-state index contributed by atoms with van der Waals surface area (Å²) in [5, 5.41) is 7.51. The fraction of sp³-hybridized carbons (Fsp3) is 0. The van der Waals surface area contributed by atoms with Gasteiger partial charge in [-0.1, -0.05) is 13.2 Å². The number of nitriles is 1. The fourth-order valence-electron chi connectivity index (χ4n) is 0.377. The lowest BCUT2D eigenvalue weighted by Crippen LogP contribution is -1.73. The summed E-state index contributed by atoms with van der Waals surface area (Å²) in [4.78, 5) is 3.78. The van der Waals surface area contributed by atoms with E-state index in [1.165, 1.54) is 6.08 Å². The number of hydrogen-bond acceptors (Lipinski definition) is 2. The van der Waals surface area contributed by atoms with E-state index in [1.54, 1.807) is 29.4 Å². The standard InChI is InChI=1S/C5H6N2.C3H3N/c1-2-7-4-3-6-5-7;1-2-3-4/h2-5H,1H2;2H,1H2. The van der Waals surface area contributed by atoms with E-state index in [1.807, 2.05) is 6.20 Å². The average Bonchev–Trinajstić information content (AvgIpc) is 2.56. The first kappa shape index (κ1) is 9.18. The van der Waals surface area contributed by atoms with Crippen molar-refractivity contribution in [2.24, 2.45) is 0 Å². The molecule has 3 nitrogen and oxygen atoms in total. The largest absolute Gasteiger partial charge is 0.314 e. The van der Waals surface area contributed by atoms with E-state index in [4.69, 9.17) is 5.26 Å². The zero-order valence-corrected chi connectivity index (χ0v) is 6.14. The molecule has 0 unspecified atom stereocenters. The van der Waals surface area contributed by atoms with Gasteiger partial charge in [0.15, 0.2) is 0 Å². The van der Waals surface area contributed by atoms with Gasteiger partial charge in [-0.15, -0.1) is 0 Å². The minimum atomic E-state index is 1.18. The van der Waals surface area contributed by atoms with Crippen molar-refractivity contribution in [2.75, 3.05) is 0 Å². The Hall–Kier alpha value is -1.82. The van der Waals surface area contributed by atoms with Crippen LogP contribution in [0.15, 0.2) is 38.0 Å². The van der Waals surface area contributed by atoms with E-state index in [0.29, 0.717) is 0 Å². The van der Waals surface area contributed by atoms with Crippen molar-refractivity contribution in [3.8, 4) is 6.07 Å². The third-order valence-corrected chi connectivity index (χ3v) is 0.827. The summed E-state index contributed by atoms with van der Waals surface area (Å²) in [5.74, 6) is 0. The van der Waals surface area contributed by atoms with Crippen LogP contribution < -0.4 is 0 Å². The topological polar surface area (TPSA) is 41.6 Å². The van der Waals surface area contributed by atoms with Crippen LogP contribution in [0, 0.1) is 11.3 Å². The molecule has 0 radical (unpaired) electrons. The molecule has 1 aromatic rings. The highest BCUT2D eigenvalue weighted by molar-refractivity contribution is 5.14. The molecule has 0 aliphatic carbocycles. The summed E-state index contributed by atoms with van der Waals surface area (Å²) in [6.07, 6.45) is 8.09. The number of hydrogen-bond donors (Lipinski definition) is 0. The molecule has 56 valence electrons. The summed E-state index contributed by atoms with van der Waals surface area (Å²) in [7, 11) is 0. The van der Waals surface area contributed by atoms with Gasteiger partial charge in [-0.3, -0.25) is 0 Å². The molecule has 1 heterocycles. The molecule has 1 rings (SSSR count). The quantitative estimate of drug-likeness (QED) is 0.567. The summed E-state index contributed by atoms with van der Waals surface area (Å²) in [6.45, 7) is 6.64. The maximum absolute atomic E-state index is 7.51. The zero-order chi connectivity index (χ0) is 8.53. The van der Waals surface area contributed by atoms with Crippen molar-refractivity contribution in [2.45, 2.75) is 0 Å². The second kappa shape index (κ2) is 6.30. The Labute approximate surface area is 65.9 Å². The molecule has 0 atom stereocenters. The van der Waals surface area contributed by atoms with E-state index in [-0.39, 0.29) is 0 Å². The lowest BCUT2D eigenvalue weighted by Gasteiger charge is -1.80. The summed E-state index contributed by atoms with van der Waals surface area (Å²) >= 11 is 0. The highest BCUT2D eigenvalue weighted by Crippen LogP contribution is 1.81. The van der Waals surface area contributed by atoms with Gasteiger partial charge in [0, 0.05) is 24.7 Å². The van der Waals surface area contributed by atoms with E-state index in [9.17, 15) is 0 Å². The molecule has 1 aromatic heterocycles. The Morgan fingerprint density at radius 2 is 2.18 bits per heavy atom. The van der Waals surface area contributed by atoms with Gasteiger partial charge >= 0.3 is 0 Å². The van der Waals surface area contributed by atoms with Crippen LogP contribution in [0.5, 0.6) is 0 Å². The molecule has 0 aromatic carbocycles. The lowest BCUT2D eigenvalue weighted by molar-refractivity contribution is 1.14. The molecule has 3 heteroatoms. The van der Waals surface area contributed by atoms with Crippen molar-refractivity contribution in [1.82, 2.24) is 9.55 Å². The van der Waals surface area contributed by atoms with Crippen molar-refractivity contribution in [3.05, 3.63) is 38.0 Å². The van der Waals surface area contributed by atoms with Crippen LogP contribution in [-0.4, -0.2) is 9.55 Å². The van der Waals surface area contributed by atoms with Gasteiger partial charge in [0.05, 0.1) is 12.4 Å². The van der Waals surface area contributed by atoms with Crippen molar-refractivity contribution >= 4 is 6.20 Å². The van der Waals surface area contributed by atoms with Crippen LogP contribution in [0.25, 0.3) is 6.20 Å². The van der Waals surface area contributed by atoms with Gasteiger partial charge in [0.25, 0.3) is 0 Å². The van der Waals surface area contributed by atoms with Gasteiger partial charge in [0.1, 0.15) is 0 Å². The van der Waals surface area contributed by atoms with Crippen LogP contribution in [0.4, 0.5) is 0 Å². The maximum atomic E-state index is 7.51. The van der Waals surface area contributed by atoms with Crippen molar-refractivity contribution in [1.29, 1.82) is 5.26 Å². The van der Waals surface area contributed by atoms with Gasteiger partial charge in [0.2, 0.25) is 0 Å². The highest BCUT2D eigenvalue weighted by atomic mass is 15.0. The Kier molecular flexibility index (Phi) is 5.26. The Morgan fingerprint density at radius 3 is 2.36 bits per heavy atom. The van der Waals surface area contributed by atoms with E-state index >= 15 is 0 Å². The number of imidazole rings is 1. The second-order valence-electron chi connectivity index (χ2n) is 1.53. The predicted molar refractivity (Wildman–Crippen MR) is 44.4 cm³/mol. The van der Waals surface area contributed by atoms with Gasteiger partial charge in [-0.05, 0) is 0 Å². The number of allylic oxidation sites excluding steroid dienone is 1.